The normalized spacial score (nSPS) is 11.2. The van der Waals surface area contributed by atoms with Gasteiger partial charge in [-0.05, 0) is 12.1 Å². The van der Waals surface area contributed by atoms with E-state index < -0.39 is 32.1 Å². The van der Waals surface area contributed by atoms with E-state index in [1.807, 2.05) is 4.72 Å². The molecule has 2 N–H and O–H groups in total. The van der Waals surface area contributed by atoms with Gasteiger partial charge in [0.25, 0.3) is 5.69 Å². The Morgan fingerprint density at radius 2 is 2.17 bits per heavy atom. The SMILES string of the molecule is COc1ccc(S(=O)(=O)NCCO)c([N+](=O)[O-])c1. The third kappa shape index (κ3) is 3.15. The van der Waals surface area contributed by atoms with Crippen molar-refractivity contribution >= 4 is 15.7 Å². The number of methoxy groups -OCH3 is 1. The lowest BCUT2D eigenvalue weighted by Crippen LogP contribution is -2.27. The lowest BCUT2D eigenvalue weighted by atomic mass is 10.3. The van der Waals surface area contributed by atoms with E-state index in [2.05, 4.69) is 0 Å². The van der Waals surface area contributed by atoms with Crippen molar-refractivity contribution in [1.82, 2.24) is 4.72 Å². The fourth-order valence-corrected chi connectivity index (χ4v) is 2.42. The van der Waals surface area contributed by atoms with Crippen molar-refractivity contribution in [3.8, 4) is 5.75 Å². The van der Waals surface area contributed by atoms with Gasteiger partial charge in [-0.1, -0.05) is 0 Å². The Morgan fingerprint density at radius 1 is 1.50 bits per heavy atom. The Morgan fingerprint density at radius 3 is 2.67 bits per heavy atom. The van der Waals surface area contributed by atoms with Gasteiger partial charge >= 0.3 is 0 Å². The summed E-state index contributed by atoms with van der Waals surface area (Å²) in [7, 11) is -2.71. The molecule has 0 radical (unpaired) electrons. The smallest absolute Gasteiger partial charge is 0.293 e. The van der Waals surface area contributed by atoms with Gasteiger partial charge in [-0.15, -0.1) is 0 Å². The molecule has 0 aliphatic rings. The van der Waals surface area contributed by atoms with Gasteiger partial charge < -0.3 is 9.84 Å². The van der Waals surface area contributed by atoms with Crippen LogP contribution >= 0.6 is 0 Å². The first-order chi connectivity index (χ1) is 8.42. The molecule has 1 aromatic rings. The fraction of sp³-hybridized carbons (Fsp3) is 0.333. The molecular formula is C9H12N2O6S. The molecule has 8 nitrogen and oxygen atoms in total. The maximum atomic E-state index is 11.7. The molecule has 0 unspecified atom stereocenters. The van der Waals surface area contributed by atoms with Gasteiger partial charge in [0.2, 0.25) is 10.0 Å². The number of benzene rings is 1. The Balaban J connectivity index is 3.27. The number of hydrogen-bond donors (Lipinski definition) is 2. The topological polar surface area (TPSA) is 119 Å². The van der Waals surface area contributed by atoms with Gasteiger partial charge in [-0.3, -0.25) is 10.1 Å². The Hall–Kier alpha value is -1.71. The average molecular weight is 276 g/mol. The van der Waals surface area contributed by atoms with E-state index in [-0.39, 0.29) is 12.3 Å². The number of nitrogens with one attached hydrogen (secondary N) is 1. The molecule has 100 valence electrons. The van der Waals surface area contributed by atoms with E-state index in [1.165, 1.54) is 13.2 Å². The minimum Gasteiger partial charge on any atom is -0.497 e. The van der Waals surface area contributed by atoms with E-state index in [0.29, 0.717) is 0 Å². The molecule has 0 heterocycles. The van der Waals surface area contributed by atoms with Crippen LogP contribution in [0.1, 0.15) is 0 Å². The number of nitrogens with zero attached hydrogens (tertiary/aromatic N) is 1. The highest BCUT2D eigenvalue weighted by atomic mass is 32.2. The van der Waals surface area contributed by atoms with E-state index in [9.17, 15) is 18.5 Å². The van der Waals surface area contributed by atoms with Crippen molar-refractivity contribution in [1.29, 1.82) is 0 Å². The fourth-order valence-electron chi connectivity index (χ4n) is 1.25. The first-order valence-electron chi connectivity index (χ1n) is 4.85. The minimum atomic E-state index is -4.03. The zero-order chi connectivity index (χ0) is 13.8. The standard InChI is InChI=1S/C9H12N2O6S/c1-17-7-2-3-9(8(6-7)11(13)14)18(15,16)10-4-5-12/h2-3,6,10,12H,4-5H2,1H3. The largest absolute Gasteiger partial charge is 0.497 e. The highest BCUT2D eigenvalue weighted by Crippen LogP contribution is 2.27. The number of aliphatic hydroxyl groups excluding tert-OH is 1. The Bertz CT molecular complexity index is 542. The number of aliphatic hydroxyl groups is 1. The number of nitro benzene ring substituents is 1. The van der Waals surface area contributed by atoms with Gasteiger partial charge in [0.1, 0.15) is 5.75 Å². The third-order valence-electron chi connectivity index (χ3n) is 2.06. The summed E-state index contributed by atoms with van der Waals surface area (Å²) in [6.07, 6.45) is 0. The Labute approximate surface area is 103 Å². The predicted octanol–water partition coefficient (Wildman–Crippen LogP) is -0.126. The van der Waals surface area contributed by atoms with Gasteiger partial charge in [0, 0.05) is 6.54 Å². The summed E-state index contributed by atoms with van der Waals surface area (Å²) in [6, 6.07) is 3.41. The number of hydrogen-bond acceptors (Lipinski definition) is 6. The summed E-state index contributed by atoms with van der Waals surface area (Å²) in [5.74, 6) is 0.183. The van der Waals surface area contributed by atoms with E-state index in [1.54, 1.807) is 0 Å². The summed E-state index contributed by atoms with van der Waals surface area (Å²) < 4.78 is 30.3. The number of sulfonamides is 1. The molecule has 0 saturated heterocycles. The lowest BCUT2D eigenvalue weighted by molar-refractivity contribution is -0.387. The highest BCUT2D eigenvalue weighted by molar-refractivity contribution is 7.89. The van der Waals surface area contributed by atoms with Gasteiger partial charge in [0.15, 0.2) is 4.90 Å². The predicted molar refractivity (Wildman–Crippen MR) is 61.9 cm³/mol. The second-order valence-electron chi connectivity index (χ2n) is 3.21. The first-order valence-corrected chi connectivity index (χ1v) is 6.33. The zero-order valence-corrected chi connectivity index (χ0v) is 10.3. The van der Waals surface area contributed by atoms with Crippen LogP contribution in [0.25, 0.3) is 0 Å². The summed E-state index contributed by atoms with van der Waals surface area (Å²) in [4.78, 5) is 9.54. The molecule has 1 aromatic carbocycles. The van der Waals surface area contributed by atoms with Crippen LogP contribution in [0.4, 0.5) is 5.69 Å². The summed E-state index contributed by atoms with van der Waals surface area (Å²) in [5, 5.41) is 19.4. The highest BCUT2D eigenvalue weighted by Gasteiger charge is 2.25. The number of ether oxygens (including phenoxy) is 1. The van der Waals surface area contributed by atoms with Gasteiger partial charge in [0.05, 0.1) is 24.7 Å². The van der Waals surface area contributed by atoms with Crippen LogP contribution in [0.3, 0.4) is 0 Å². The molecule has 0 bridgehead atoms. The minimum absolute atomic E-state index is 0.183. The van der Waals surface area contributed by atoms with Crippen molar-refractivity contribution in [2.45, 2.75) is 4.90 Å². The van der Waals surface area contributed by atoms with Crippen LogP contribution < -0.4 is 9.46 Å². The van der Waals surface area contributed by atoms with Crippen LogP contribution in [0.5, 0.6) is 5.75 Å². The summed E-state index contributed by atoms with van der Waals surface area (Å²) in [5.41, 5.74) is -0.584. The van der Waals surface area contributed by atoms with Crippen LogP contribution in [-0.4, -0.2) is 38.7 Å². The van der Waals surface area contributed by atoms with E-state index in [4.69, 9.17) is 9.84 Å². The molecule has 1 rings (SSSR count). The van der Waals surface area contributed by atoms with Crippen molar-refractivity contribution in [3.63, 3.8) is 0 Å². The molecule has 0 aliphatic carbocycles. The van der Waals surface area contributed by atoms with Crippen LogP contribution in [0, 0.1) is 10.1 Å². The monoisotopic (exact) mass is 276 g/mol. The third-order valence-corrected chi connectivity index (χ3v) is 3.56. The van der Waals surface area contributed by atoms with Gasteiger partial charge in [-0.25, -0.2) is 13.1 Å². The van der Waals surface area contributed by atoms with Gasteiger partial charge in [-0.2, -0.15) is 0 Å². The molecule has 0 aromatic heterocycles. The number of rotatable bonds is 6. The molecule has 0 saturated carbocycles. The van der Waals surface area contributed by atoms with Crippen LogP contribution in [0.2, 0.25) is 0 Å². The molecule has 0 aliphatic heterocycles. The second kappa shape index (κ2) is 5.76. The zero-order valence-electron chi connectivity index (χ0n) is 9.49. The average Bonchev–Trinajstić information content (AvgIpc) is 2.35. The van der Waals surface area contributed by atoms with E-state index >= 15 is 0 Å². The van der Waals surface area contributed by atoms with Crippen molar-refractivity contribution in [2.75, 3.05) is 20.3 Å². The molecule has 0 amide bonds. The van der Waals surface area contributed by atoms with E-state index in [0.717, 1.165) is 12.1 Å². The molecule has 0 fully saturated rings. The maximum Gasteiger partial charge on any atom is 0.293 e. The maximum absolute atomic E-state index is 11.7. The lowest BCUT2D eigenvalue weighted by Gasteiger charge is -2.07. The van der Waals surface area contributed by atoms with Crippen molar-refractivity contribution in [3.05, 3.63) is 28.3 Å². The molecular weight excluding hydrogens is 264 g/mol. The second-order valence-corrected chi connectivity index (χ2v) is 4.95. The Kier molecular flexibility index (Phi) is 4.59. The van der Waals surface area contributed by atoms with Crippen LogP contribution in [-0.2, 0) is 10.0 Å². The molecule has 0 atom stereocenters. The summed E-state index contributed by atoms with van der Waals surface area (Å²) in [6.45, 7) is -0.616. The number of nitro groups is 1. The first kappa shape index (κ1) is 14.4. The molecule has 18 heavy (non-hydrogen) atoms. The molecule has 9 heteroatoms. The quantitative estimate of drug-likeness (QED) is 0.552. The van der Waals surface area contributed by atoms with Crippen molar-refractivity contribution < 1.29 is 23.2 Å². The van der Waals surface area contributed by atoms with Crippen LogP contribution in [0.15, 0.2) is 23.1 Å². The summed E-state index contributed by atoms with van der Waals surface area (Å²) >= 11 is 0. The molecule has 0 spiro atoms. The van der Waals surface area contributed by atoms with Crippen molar-refractivity contribution in [2.24, 2.45) is 0 Å².